The molecule has 8 heteroatoms. The molecule has 0 radical (unpaired) electrons. The third-order valence-corrected chi connectivity index (χ3v) is 3.89. The predicted octanol–water partition coefficient (Wildman–Crippen LogP) is -2.59. The number of anilines is 2. The van der Waals surface area contributed by atoms with Gasteiger partial charge in [0.15, 0.2) is 0 Å². The van der Waals surface area contributed by atoms with Gasteiger partial charge in [0.25, 0.3) is 0 Å². The van der Waals surface area contributed by atoms with E-state index < -0.39 is 35.6 Å². The molecular weight excluding hydrogens is 292 g/mol. The van der Waals surface area contributed by atoms with Crippen molar-refractivity contribution in [3.8, 4) is 0 Å². The first-order valence-electron chi connectivity index (χ1n) is 6.56. The normalized spacial score (nSPS) is 22.9. The molecule has 8 nitrogen and oxygen atoms in total. The van der Waals surface area contributed by atoms with E-state index in [1.807, 2.05) is 0 Å². The zero-order chi connectivity index (χ0) is 16.0. The van der Waals surface area contributed by atoms with Crippen molar-refractivity contribution in [1.82, 2.24) is 0 Å². The van der Waals surface area contributed by atoms with Gasteiger partial charge in [0.1, 0.15) is 0 Å². The maximum Gasteiger partial charge on any atom is 0.233 e. The van der Waals surface area contributed by atoms with Gasteiger partial charge < -0.3 is 30.4 Å². The number of carbonyl (C=O) groups is 4. The van der Waals surface area contributed by atoms with Gasteiger partial charge in [0, 0.05) is 11.4 Å². The van der Waals surface area contributed by atoms with Crippen LogP contribution in [0.2, 0.25) is 0 Å². The van der Waals surface area contributed by atoms with Crippen LogP contribution in [0.1, 0.15) is 11.1 Å². The van der Waals surface area contributed by atoms with Gasteiger partial charge in [-0.3, -0.25) is 9.59 Å². The average Bonchev–Trinajstić information content (AvgIpc) is 2.43. The highest BCUT2D eigenvalue weighted by Gasteiger charge is 2.32. The first-order valence-corrected chi connectivity index (χ1v) is 6.56. The van der Waals surface area contributed by atoms with Crippen LogP contribution >= 0.6 is 0 Å². The summed E-state index contributed by atoms with van der Waals surface area (Å²) >= 11 is 0. The van der Waals surface area contributed by atoms with Gasteiger partial charge in [0.2, 0.25) is 11.8 Å². The number of nitrogens with one attached hydrogen (secondary N) is 2. The van der Waals surface area contributed by atoms with Gasteiger partial charge in [-0.15, -0.1) is 0 Å². The molecule has 2 atom stereocenters. The van der Waals surface area contributed by atoms with Crippen molar-refractivity contribution in [2.75, 3.05) is 10.6 Å². The highest BCUT2D eigenvalue weighted by Crippen LogP contribution is 2.34. The molecule has 0 bridgehead atoms. The van der Waals surface area contributed by atoms with Crippen LogP contribution in [0.3, 0.4) is 0 Å². The molecule has 2 aliphatic heterocycles. The van der Waals surface area contributed by atoms with Gasteiger partial charge in [-0.25, -0.2) is 0 Å². The van der Waals surface area contributed by atoms with Crippen LogP contribution in [0.4, 0.5) is 11.4 Å². The number of benzene rings is 1. The fraction of sp³-hybridized carbons (Fsp3) is 0.286. The summed E-state index contributed by atoms with van der Waals surface area (Å²) < 4.78 is 0. The summed E-state index contributed by atoms with van der Waals surface area (Å²) in [6.45, 7) is 0. The number of carboxylic acids is 2. The Morgan fingerprint density at radius 3 is 1.64 bits per heavy atom. The highest BCUT2D eigenvalue weighted by atomic mass is 16.4. The van der Waals surface area contributed by atoms with E-state index >= 15 is 0 Å². The Hall–Kier alpha value is -2.90. The lowest BCUT2D eigenvalue weighted by molar-refractivity contribution is -0.311. The lowest BCUT2D eigenvalue weighted by atomic mass is 9.87. The first-order chi connectivity index (χ1) is 10.4. The number of hydrogen-bond acceptors (Lipinski definition) is 6. The largest absolute Gasteiger partial charge is 0.549 e. The summed E-state index contributed by atoms with van der Waals surface area (Å²) in [5.74, 6) is -6.88. The van der Waals surface area contributed by atoms with Gasteiger partial charge in [-0.05, 0) is 30.0 Å². The molecule has 0 aromatic heterocycles. The van der Waals surface area contributed by atoms with Crippen LogP contribution in [0, 0.1) is 11.8 Å². The minimum Gasteiger partial charge on any atom is -0.549 e. The van der Waals surface area contributed by atoms with Gasteiger partial charge in [-0.1, -0.05) is 6.07 Å². The molecule has 2 N–H and O–H groups in total. The second-order valence-electron chi connectivity index (χ2n) is 5.30. The van der Waals surface area contributed by atoms with E-state index in [9.17, 15) is 29.4 Å². The molecule has 2 heterocycles. The molecule has 22 heavy (non-hydrogen) atoms. The molecule has 2 aliphatic rings. The molecule has 1 aromatic rings. The molecule has 114 valence electrons. The number of hydrogen-bond donors (Lipinski definition) is 2. The third-order valence-electron chi connectivity index (χ3n) is 3.89. The Morgan fingerprint density at radius 2 is 1.27 bits per heavy atom. The lowest BCUT2D eigenvalue weighted by Crippen LogP contribution is -2.44. The number of amides is 2. The summed E-state index contributed by atoms with van der Waals surface area (Å²) in [7, 11) is 0. The molecule has 0 aliphatic carbocycles. The molecule has 1 aromatic carbocycles. The van der Waals surface area contributed by atoms with E-state index in [2.05, 4.69) is 10.6 Å². The second kappa shape index (κ2) is 4.83. The lowest BCUT2D eigenvalue weighted by Gasteiger charge is -2.30. The van der Waals surface area contributed by atoms with Crippen molar-refractivity contribution in [2.45, 2.75) is 12.8 Å². The number of aliphatic carboxylic acids is 2. The van der Waals surface area contributed by atoms with Crippen LogP contribution in [0.5, 0.6) is 0 Å². The highest BCUT2D eigenvalue weighted by molar-refractivity contribution is 6.09. The van der Waals surface area contributed by atoms with E-state index in [0.717, 1.165) is 0 Å². The average molecular weight is 302 g/mol. The van der Waals surface area contributed by atoms with Crippen LogP contribution in [0.15, 0.2) is 12.1 Å². The molecule has 0 saturated heterocycles. The zero-order valence-corrected chi connectivity index (χ0v) is 11.2. The topological polar surface area (TPSA) is 138 Å². The fourth-order valence-electron chi connectivity index (χ4n) is 2.71. The monoisotopic (exact) mass is 302 g/mol. The summed E-state index contributed by atoms with van der Waals surface area (Å²) in [6.07, 6.45) is -0.0819. The Bertz CT molecular complexity index is 669. The Balaban J connectivity index is 1.99. The van der Waals surface area contributed by atoms with E-state index in [0.29, 0.717) is 22.5 Å². The van der Waals surface area contributed by atoms with Crippen LogP contribution in [0.25, 0.3) is 0 Å². The summed E-state index contributed by atoms with van der Waals surface area (Å²) in [6, 6.07) is 3.09. The molecular formula is C14H10N2O6-2. The second-order valence-corrected chi connectivity index (χ2v) is 5.30. The molecule has 3 rings (SSSR count). The maximum atomic E-state index is 11.7. The third kappa shape index (κ3) is 2.18. The number of carboxylic acid groups (broad SMARTS) is 2. The van der Waals surface area contributed by atoms with Gasteiger partial charge in [-0.2, -0.15) is 0 Å². The number of fused-ring (bicyclic) bond motifs is 2. The van der Waals surface area contributed by atoms with Crippen molar-refractivity contribution in [2.24, 2.45) is 11.8 Å². The molecule has 0 spiro atoms. The van der Waals surface area contributed by atoms with Crippen LogP contribution in [-0.4, -0.2) is 23.8 Å². The number of rotatable bonds is 2. The van der Waals surface area contributed by atoms with Crippen molar-refractivity contribution in [1.29, 1.82) is 0 Å². The van der Waals surface area contributed by atoms with Crippen LogP contribution in [-0.2, 0) is 32.0 Å². The molecule has 0 fully saturated rings. The Morgan fingerprint density at radius 1 is 0.864 bits per heavy atom. The minimum absolute atomic E-state index is 0.0410. The van der Waals surface area contributed by atoms with Crippen molar-refractivity contribution in [3.63, 3.8) is 0 Å². The summed E-state index contributed by atoms with van der Waals surface area (Å²) in [4.78, 5) is 45.2. The summed E-state index contributed by atoms with van der Waals surface area (Å²) in [5, 5.41) is 26.8. The smallest absolute Gasteiger partial charge is 0.233 e. The molecule has 0 unspecified atom stereocenters. The first kappa shape index (κ1) is 14.1. The quantitative estimate of drug-likeness (QED) is 0.575. The molecule has 0 saturated carbocycles. The maximum absolute atomic E-state index is 11.7. The molecule has 2 amide bonds. The predicted molar refractivity (Wildman–Crippen MR) is 68.1 cm³/mol. The van der Waals surface area contributed by atoms with E-state index in [-0.39, 0.29) is 12.8 Å². The minimum atomic E-state index is -1.47. The summed E-state index contributed by atoms with van der Waals surface area (Å²) in [5.41, 5.74) is 1.91. The van der Waals surface area contributed by atoms with E-state index in [1.165, 1.54) is 6.07 Å². The SMILES string of the molecule is O=C([O-])[C@@H]1Cc2cc3c(cc2NC1=O)NC(=O)[C@H](C(=O)[O-])C3. The van der Waals surface area contributed by atoms with E-state index in [4.69, 9.17) is 0 Å². The van der Waals surface area contributed by atoms with Gasteiger partial charge >= 0.3 is 0 Å². The zero-order valence-electron chi connectivity index (χ0n) is 11.2. The van der Waals surface area contributed by atoms with Crippen molar-refractivity contribution >= 4 is 35.1 Å². The fourth-order valence-corrected chi connectivity index (χ4v) is 2.71. The van der Waals surface area contributed by atoms with Crippen molar-refractivity contribution < 1.29 is 29.4 Å². The van der Waals surface area contributed by atoms with Crippen molar-refractivity contribution in [3.05, 3.63) is 23.3 Å². The van der Waals surface area contributed by atoms with E-state index in [1.54, 1.807) is 6.07 Å². The van der Waals surface area contributed by atoms with Crippen LogP contribution < -0.4 is 20.8 Å². The Kier molecular flexibility index (Phi) is 3.09. The standard InChI is InChI=1S/C14H12N2O6/c17-11-7(13(19)20)2-5-1-6-3-8(14(21)22)12(18)16-10(6)4-9(5)15-11/h1,4,7-8H,2-3H2,(H,15,17)(H,16,18)(H,19,20)(H,21,22)/p-2/t7-,8-/m1/s1. The Labute approximate surface area is 124 Å². The number of carbonyl (C=O) groups excluding carboxylic acids is 4. The van der Waals surface area contributed by atoms with Gasteiger partial charge in [0.05, 0.1) is 23.8 Å².